The van der Waals surface area contributed by atoms with Crippen molar-refractivity contribution >= 4 is 23.2 Å². The molecule has 1 N–H and O–H groups in total. The highest BCUT2D eigenvalue weighted by Crippen LogP contribution is 2.36. The van der Waals surface area contributed by atoms with Crippen LogP contribution in [-0.4, -0.2) is 35.9 Å². The van der Waals surface area contributed by atoms with E-state index >= 15 is 0 Å². The van der Waals surface area contributed by atoms with E-state index in [0.717, 1.165) is 24.0 Å². The number of anilines is 1. The van der Waals surface area contributed by atoms with Crippen LogP contribution >= 0.6 is 11.6 Å². The highest BCUT2D eigenvalue weighted by atomic mass is 35.5. The molecule has 0 bridgehead atoms. The summed E-state index contributed by atoms with van der Waals surface area (Å²) in [6.07, 6.45) is 2.13. The van der Waals surface area contributed by atoms with Crippen LogP contribution in [0.15, 0.2) is 48.5 Å². The van der Waals surface area contributed by atoms with Crippen molar-refractivity contribution < 1.29 is 9.18 Å². The summed E-state index contributed by atoms with van der Waals surface area (Å²) in [6, 6.07) is 13.8. The largest absolute Gasteiger partial charge is 0.322 e. The van der Waals surface area contributed by atoms with Crippen molar-refractivity contribution in [1.29, 1.82) is 0 Å². The Labute approximate surface area is 188 Å². The van der Waals surface area contributed by atoms with E-state index in [1.54, 1.807) is 25.1 Å². The predicted molar refractivity (Wildman–Crippen MR) is 117 cm³/mol. The molecule has 0 spiro atoms. The van der Waals surface area contributed by atoms with Crippen molar-refractivity contribution in [1.82, 2.24) is 30.0 Å². The van der Waals surface area contributed by atoms with Crippen molar-refractivity contribution in [2.45, 2.75) is 32.4 Å². The monoisotopic (exact) mass is 451 g/mol. The molecule has 4 aromatic rings. The first kappa shape index (κ1) is 20.3. The number of hydrogen-bond donors (Lipinski definition) is 1. The number of hydrogen-bond acceptors (Lipinski definition) is 5. The van der Waals surface area contributed by atoms with E-state index in [2.05, 4.69) is 25.9 Å². The number of aryl methyl sites for hydroxylation is 1. The molecule has 1 amide bonds. The van der Waals surface area contributed by atoms with Crippen LogP contribution in [0, 0.1) is 12.7 Å². The molecule has 1 aliphatic carbocycles. The Hall–Kier alpha value is -3.59. The van der Waals surface area contributed by atoms with Gasteiger partial charge in [0, 0.05) is 11.3 Å². The van der Waals surface area contributed by atoms with Gasteiger partial charge < -0.3 is 5.32 Å². The Morgan fingerprint density at radius 1 is 1.22 bits per heavy atom. The number of tetrazole rings is 1. The predicted octanol–water partition coefficient (Wildman–Crippen LogP) is 4.27. The Morgan fingerprint density at radius 3 is 2.75 bits per heavy atom. The summed E-state index contributed by atoms with van der Waals surface area (Å²) in [4.78, 5) is 13.0. The number of carbonyl (C=O) groups is 1. The number of nitrogens with zero attached hydrogens (tertiary/aromatic N) is 6. The molecule has 2 aromatic carbocycles. The molecule has 0 unspecified atom stereocenters. The molecule has 1 aliphatic rings. The molecule has 1 saturated carbocycles. The molecule has 0 saturated heterocycles. The highest BCUT2D eigenvalue weighted by Gasteiger charge is 2.28. The first-order chi connectivity index (χ1) is 15.5. The summed E-state index contributed by atoms with van der Waals surface area (Å²) in [5.41, 5.74) is 3.03. The first-order valence-corrected chi connectivity index (χ1v) is 10.5. The minimum Gasteiger partial charge on any atom is -0.322 e. The standard InChI is InChI=1S/C22H19ClFN7O/c1-13-19(20(23)30(27-13)12-14-5-7-16(24)8-6-14)22(32)25-17-4-2-3-15(11-17)21-26-28-29-31(21)18-9-10-18/h2-8,11,18H,9-10,12H2,1H3,(H,25,32). The summed E-state index contributed by atoms with van der Waals surface area (Å²) in [5, 5.41) is 19.5. The molecule has 10 heteroatoms. The van der Waals surface area contributed by atoms with Crippen molar-refractivity contribution in [3.63, 3.8) is 0 Å². The highest BCUT2D eigenvalue weighted by molar-refractivity contribution is 6.33. The van der Waals surface area contributed by atoms with Gasteiger partial charge in [0.15, 0.2) is 5.82 Å². The lowest BCUT2D eigenvalue weighted by Crippen LogP contribution is -2.13. The Kier molecular flexibility index (Phi) is 5.18. The molecule has 1 fully saturated rings. The van der Waals surface area contributed by atoms with E-state index < -0.39 is 0 Å². The van der Waals surface area contributed by atoms with E-state index in [-0.39, 0.29) is 16.9 Å². The van der Waals surface area contributed by atoms with Gasteiger partial charge in [0.25, 0.3) is 5.91 Å². The quantitative estimate of drug-likeness (QED) is 0.472. The van der Waals surface area contributed by atoms with Crippen LogP contribution in [0.3, 0.4) is 0 Å². The minimum absolute atomic E-state index is 0.221. The number of aromatic nitrogens is 6. The summed E-state index contributed by atoms with van der Waals surface area (Å²) >= 11 is 6.48. The lowest BCUT2D eigenvalue weighted by atomic mass is 10.1. The van der Waals surface area contributed by atoms with E-state index in [9.17, 15) is 9.18 Å². The number of halogens is 2. The van der Waals surface area contributed by atoms with Crippen LogP contribution in [-0.2, 0) is 6.54 Å². The third kappa shape index (κ3) is 3.99. The van der Waals surface area contributed by atoms with Gasteiger partial charge in [-0.25, -0.2) is 13.8 Å². The summed E-state index contributed by atoms with van der Waals surface area (Å²) in [7, 11) is 0. The van der Waals surface area contributed by atoms with Gasteiger partial charge in [-0.2, -0.15) is 5.10 Å². The molecule has 0 radical (unpaired) electrons. The average molecular weight is 452 g/mol. The van der Waals surface area contributed by atoms with Gasteiger partial charge in [0.05, 0.1) is 23.8 Å². The molecular weight excluding hydrogens is 433 g/mol. The molecule has 0 atom stereocenters. The van der Waals surface area contributed by atoms with E-state index in [1.165, 1.54) is 16.8 Å². The molecule has 2 heterocycles. The third-order valence-corrected chi connectivity index (χ3v) is 5.69. The fourth-order valence-corrected chi connectivity index (χ4v) is 3.88. The van der Waals surface area contributed by atoms with Crippen LogP contribution in [0.25, 0.3) is 11.4 Å². The lowest BCUT2D eigenvalue weighted by Gasteiger charge is -2.08. The molecule has 0 aliphatic heterocycles. The minimum atomic E-state index is -0.364. The summed E-state index contributed by atoms with van der Waals surface area (Å²) < 4.78 is 16.5. The second-order valence-electron chi connectivity index (χ2n) is 7.75. The summed E-state index contributed by atoms with van der Waals surface area (Å²) in [6.45, 7) is 2.05. The molecule has 32 heavy (non-hydrogen) atoms. The van der Waals surface area contributed by atoms with Crippen LogP contribution in [0.1, 0.15) is 40.5 Å². The van der Waals surface area contributed by atoms with Gasteiger partial charge in [-0.3, -0.25) is 4.79 Å². The van der Waals surface area contributed by atoms with Gasteiger partial charge in [-0.1, -0.05) is 35.9 Å². The number of nitrogens with one attached hydrogen (secondary N) is 1. The van der Waals surface area contributed by atoms with E-state index in [0.29, 0.717) is 35.4 Å². The molecule has 8 nitrogen and oxygen atoms in total. The summed E-state index contributed by atoms with van der Waals surface area (Å²) in [5.74, 6) is -0.00771. The van der Waals surface area contributed by atoms with Gasteiger partial charge in [-0.05, 0) is 60.0 Å². The zero-order valence-corrected chi connectivity index (χ0v) is 17.9. The van der Waals surface area contributed by atoms with E-state index in [4.69, 9.17) is 11.6 Å². The lowest BCUT2D eigenvalue weighted by molar-refractivity contribution is 0.102. The normalized spacial score (nSPS) is 13.3. The molecule has 2 aromatic heterocycles. The van der Waals surface area contributed by atoms with Crippen molar-refractivity contribution in [2.24, 2.45) is 0 Å². The fraction of sp³-hybridized carbons (Fsp3) is 0.227. The van der Waals surface area contributed by atoms with Crippen molar-refractivity contribution in [3.8, 4) is 11.4 Å². The number of amides is 1. The van der Waals surface area contributed by atoms with Crippen LogP contribution < -0.4 is 5.32 Å². The van der Waals surface area contributed by atoms with Crippen LogP contribution in [0.5, 0.6) is 0 Å². The maximum absolute atomic E-state index is 13.2. The first-order valence-electron chi connectivity index (χ1n) is 10.2. The van der Waals surface area contributed by atoms with Crippen molar-refractivity contribution in [3.05, 3.63) is 76.3 Å². The van der Waals surface area contributed by atoms with Gasteiger partial charge >= 0.3 is 0 Å². The fourth-order valence-electron chi connectivity index (χ4n) is 3.56. The zero-order valence-electron chi connectivity index (χ0n) is 17.2. The Bertz CT molecular complexity index is 1290. The van der Waals surface area contributed by atoms with Gasteiger partial charge in [0.2, 0.25) is 0 Å². The maximum atomic E-state index is 13.2. The second kappa shape index (κ2) is 8.16. The Balaban J connectivity index is 1.37. The number of carbonyl (C=O) groups excluding carboxylic acids is 1. The molecular formula is C22H19ClFN7O. The number of benzene rings is 2. The zero-order chi connectivity index (χ0) is 22.2. The van der Waals surface area contributed by atoms with Gasteiger partial charge in [-0.15, -0.1) is 5.10 Å². The van der Waals surface area contributed by atoms with Crippen LogP contribution in [0.4, 0.5) is 10.1 Å². The van der Waals surface area contributed by atoms with Crippen LogP contribution in [0.2, 0.25) is 5.15 Å². The topological polar surface area (TPSA) is 90.5 Å². The van der Waals surface area contributed by atoms with Gasteiger partial charge in [0.1, 0.15) is 11.0 Å². The van der Waals surface area contributed by atoms with Crippen molar-refractivity contribution in [2.75, 3.05) is 5.32 Å². The smallest absolute Gasteiger partial charge is 0.260 e. The SMILES string of the molecule is Cc1nn(Cc2ccc(F)cc2)c(Cl)c1C(=O)Nc1cccc(-c2nnnn2C2CC2)c1. The number of rotatable bonds is 6. The third-order valence-electron chi connectivity index (χ3n) is 5.30. The van der Waals surface area contributed by atoms with E-state index in [1.807, 2.05) is 22.9 Å². The molecule has 5 rings (SSSR count). The Morgan fingerprint density at radius 2 is 2.00 bits per heavy atom. The maximum Gasteiger partial charge on any atom is 0.260 e. The molecule has 162 valence electrons. The second-order valence-corrected chi connectivity index (χ2v) is 8.11. The average Bonchev–Trinajstić information content (AvgIpc) is 3.43.